The van der Waals surface area contributed by atoms with Gasteiger partial charge in [0, 0.05) is 38.2 Å². The molecule has 28 heavy (non-hydrogen) atoms. The summed E-state index contributed by atoms with van der Waals surface area (Å²) in [5.41, 5.74) is 1.70. The van der Waals surface area contributed by atoms with Gasteiger partial charge in [-0.2, -0.15) is 0 Å². The van der Waals surface area contributed by atoms with Crippen LogP contribution in [-0.2, 0) is 20.9 Å². The van der Waals surface area contributed by atoms with Gasteiger partial charge < -0.3 is 15.0 Å². The number of halogens is 1. The van der Waals surface area contributed by atoms with Gasteiger partial charge in [0.25, 0.3) is 0 Å². The van der Waals surface area contributed by atoms with E-state index < -0.39 is 6.04 Å². The molecule has 6 heteroatoms. The molecule has 0 aromatic heterocycles. The van der Waals surface area contributed by atoms with Crippen LogP contribution in [0.15, 0.2) is 54.6 Å². The first-order chi connectivity index (χ1) is 13.6. The van der Waals surface area contributed by atoms with E-state index in [4.69, 9.17) is 16.3 Å². The molecule has 0 aliphatic rings. The van der Waals surface area contributed by atoms with Crippen LogP contribution >= 0.6 is 11.6 Å². The normalized spacial score (nSPS) is 11.7. The van der Waals surface area contributed by atoms with Gasteiger partial charge in [0.2, 0.25) is 11.8 Å². The van der Waals surface area contributed by atoms with E-state index in [0.717, 1.165) is 11.1 Å². The number of rotatable bonds is 10. The van der Waals surface area contributed by atoms with E-state index in [2.05, 4.69) is 5.32 Å². The molecule has 0 aliphatic carbocycles. The van der Waals surface area contributed by atoms with Gasteiger partial charge in [-0.3, -0.25) is 9.59 Å². The summed E-state index contributed by atoms with van der Waals surface area (Å²) < 4.78 is 5.03. The van der Waals surface area contributed by atoms with E-state index in [1.54, 1.807) is 31.1 Å². The van der Waals surface area contributed by atoms with Gasteiger partial charge in [-0.15, -0.1) is 0 Å². The summed E-state index contributed by atoms with van der Waals surface area (Å²) in [7, 11) is 1.63. The lowest BCUT2D eigenvalue weighted by Gasteiger charge is -2.31. The highest BCUT2D eigenvalue weighted by Crippen LogP contribution is 2.25. The molecule has 1 N–H and O–H groups in total. The first kappa shape index (κ1) is 21.9. The number of benzene rings is 2. The van der Waals surface area contributed by atoms with E-state index in [1.165, 1.54) is 0 Å². The van der Waals surface area contributed by atoms with Gasteiger partial charge in [0.05, 0.1) is 0 Å². The van der Waals surface area contributed by atoms with Gasteiger partial charge >= 0.3 is 0 Å². The molecule has 1 atom stereocenters. The average Bonchev–Trinajstić information content (AvgIpc) is 2.72. The lowest BCUT2D eigenvalue weighted by Crippen LogP contribution is -2.43. The van der Waals surface area contributed by atoms with Gasteiger partial charge in [-0.25, -0.2) is 0 Å². The monoisotopic (exact) mass is 402 g/mol. The average molecular weight is 403 g/mol. The van der Waals surface area contributed by atoms with Crippen LogP contribution in [0, 0.1) is 0 Å². The summed E-state index contributed by atoms with van der Waals surface area (Å²) >= 11 is 5.97. The predicted molar refractivity (Wildman–Crippen MR) is 111 cm³/mol. The van der Waals surface area contributed by atoms with Crippen molar-refractivity contribution in [3.63, 3.8) is 0 Å². The molecule has 0 unspecified atom stereocenters. The number of nitrogens with one attached hydrogen (secondary N) is 1. The Bertz CT molecular complexity index is 750. The van der Waals surface area contributed by atoms with E-state index in [-0.39, 0.29) is 11.8 Å². The van der Waals surface area contributed by atoms with Crippen LogP contribution in [0.25, 0.3) is 0 Å². The maximum Gasteiger partial charge on any atom is 0.247 e. The number of carbonyl (C=O) groups excluding carboxylic acids is 2. The van der Waals surface area contributed by atoms with Crippen molar-refractivity contribution < 1.29 is 14.3 Å². The smallest absolute Gasteiger partial charge is 0.247 e. The SMILES string of the molecule is CCC(=O)N(Cc1ccc(Cl)cc1)[C@@H](C(=O)NCCCOC)c1ccccc1. The Hall–Kier alpha value is -2.37. The Labute approximate surface area is 171 Å². The number of nitrogens with zero attached hydrogens (tertiary/aromatic N) is 1. The molecule has 2 amide bonds. The summed E-state index contributed by atoms with van der Waals surface area (Å²) in [5.74, 6) is -0.283. The third-order valence-corrected chi connectivity index (χ3v) is 4.64. The van der Waals surface area contributed by atoms with Crippen LogP contribution in [0.3, 0.4) is 0 Å². The maximum absolute atomic E-state index is 13.0. The molecular formula is C22H27ClN2O3. The molecule has 2 aromatic carbocycles. The Morgan fingerprint density at radius 1 is 1.11 bits per heavy atom. The topological polar surface area (TPSA) is 58.6 Å². The molecular weight excluding hydrogens is 376 g/mol. The van der Waals surface area contributed by atoms with Crippen molar-refractivity contribution in [1.82, 2.24) is 10.2 Å². The lowest BCUT2D eigenvalue weighted by molar-refractivity contribution is -0.141. The molecule has 2 rings (SSSR count). The number of carbonyl (C=O) groups is 2. The number of hydrogen-bond donors (Lipinski definition) is 1. The van der Waals surface area contributed by atoms with Crippen LogP contribution in [-0.4, -0.2) is 37.0 Å². The zero-order chi connectivity index (χ0) is 20.4. The van der Waals surface area contributed by atoms with E-state index >= 15 is 0 Å². The highest BCUT2D eigenvalue weighted by atomic mass is 35.5. The van der Waals surface area contributed by atoms with Crippen molar-refractivity contribution in [2.45, 2.75) is 32.4 Å². The van der Waals surface area contributed by atoms with Gasteiger partial charge in [0.15, 0.2) is 0 Å². The van der Waals surface area contributed by atoms with Crippen molar-refractivity contribution in [1.29, 1.82) is 0 Å². The molecule has 2 aromatic rings. The van der Waals surface area contributed by atoms with E-state index in [9.17, 15) is 9.59 Å². The summed E-state index contributed by atoms with van der Waals surface area (Å²) in [4.78, 5) is 27.5. The minimum Gasteiger partial charge on any atom is -0.385 e. The van der Waals surface area contributed by atoms with Gasteiger partial charge in [-0.1, -0.05) is 61.0 Å². The van der Waals surface area contributed by atoms with Crippen LogP contribution in [0.2, 0.25) is 5.02 Å². The van der Waals surface area contributed by atoms with Crippen molar-refractivity contribution in [3.05, 3.63) is 70.7 Å². The molecule has 0 spiro atoms. The number of methoxy groups -OCH3 is 1. The first-order valence-electron chi connectivity index (χ1n) is 9.42. The molecule has 5 nitrogen and oxygen atoms in total. The minimum atomic E-state index is -0.702. The zero-order valence-electron chi connectivity index (χ0n) is 16.4. The fourth-order valence-corrected chi connectivity index (χ4v) is 3.07. The Balaban J connectivity index is 2.30. The highest BCUT2D eigenvalue weighted by Gasteiger charge is 2.30. The number of ether oxygens (including phenoxy) is 1. The Morgan fingerprint density at radius 2 is 1.79 bits per heavy atom. The van der Waals surface area contributed by atoms with E-state index in [0.29, 0.717) is 37.6 Å². The van der Waals surface area contributed by atoms with Crippen molar-refractivity contribution >= 4 is 23.4 Å². The third-order valence-electron chi connectivity index (χ3n) is 4.39. The quantitative estimate of drug-likeness (QED) is 0.611. The van der Waals surface area contributed by atoms with Crippen LogP contribution in [0.1, 0.15) is 36.9 Å². The largest absolute Gasteiger partial charge is 0.385 e. The molecule has 0 fully saturated rings. The number of amides is 2. The number of hydrogen-bond acceptors (Lipinski definition) is 3. The fourth-order valence-electron chi connectivity index (χ4n) is 2.95. The summed E-state index contributed by atoms with van der Waals surface area (Å²) in [6.45, 7) is 3.19. The third kappa shape index (κ3) is 6.36. The van der Waals surface area contributed by atoms with Crippen molar-refractivity contribution in [2.75, 3.05) is 20.3 Å². The zero-order valence-corrected chi connectivity index (χ0v) is 17.1. The second kappa shape index (κ2) is 11.5. The molecule has 0 radical (unpaired) electrons. The standard InChI is InChI=1S/C22H27ClN2O3/c1-3-20(26)25(16-17-10-12-19(23)13-11-17)21(18-8-5-4-6-9-18)22(27)24-14-7-15-28-2/h4-6,8-13,21H,3,7,14-16H2,1-2H3,(H,24,27)/t21-/m1/s1. The summed E-state index contributed by atoms with van der Waals surface area (Å²) in [6.07, 6.45) is 1.02. The highest BCUT2D eigenvalue weighted by molar-refractivity contribution is 6.30. The lowest BCUT2D eigenvalue weighted by atomic mass is 10.0. The minimum absolute atomic E-state index is 0.0872. The Kier molecular flexibility index (Phi) is 8.98. The van der Waals surface area contributed by atoms with Crippen LogP contribution in [0.5, 0.6) is 0 Å². The molecule has 150 valence electrons. The van der Waals surface area contributed by atoms with Crippen molar-refractivity contribution in [2.24, 2.45) is 0 Å². The molecule has 0 saturated heterocycles. The first-order valence-corrected chi connectivity index (χ1v) is 9.80. The second-order valence-electron chi connectivity index (χ2n) is 6.45. The summed E-state index contributed by atoms with van der Waals surface area (Å²) in [5, 5.41) is 3.57. The predicted octanol–water partition coefficient (Wildman–Crippen LogP) is 3.97. The van der Waals surface area contributed by atoms with Crippen molar-refractivity contribution in [3.8, 4) is 0 Å². The van der Waals surface area contributed by atoms with E-state index in [1.807, 2.05) is 42.5 Å². The molecule has 0 saturated carbocycles. The molecule has 0 aliphatic heterocycles. The molecule has 0 bridgehead atoms. The van der Waals surface area contributed by atoms with Crippen LogP contribution in [0.4, 0.5) is 0 Å². The molecule has 0 heterocycles. The van der Waals surface area contributed by atoms with Crippen LogP contribution < -0.4 is 5.32 Å². The van der Waals surface area contributed by atoms with Gasteiger partial charge in [0.1, 0.15) is 6.04 Å². The van der Waals surface area contributed by atoms with Gasteiger partial charge in [-0.05, 0) is 29.7 Å². The maximum atomic E-state index is 13.0. The Morgan fingerprint density at radius 3 is 2.39 bits per heavy atom. The fraction of sp³-hybridized carbons (Fsp3) is 0.364. The summed E-state index contributed by atoms with van der Waals surface area (Å²) in [6, 6.07) is 16.0. The second-order valence-corrected chi connectivity index (χ2v) is 6.89.